The Morgan fingerprint density at radius 3 is 2.78 bits per heavy atom. The molecule has 1 heterocycles. The van der Waals surface area contributed by atoms with E-state index < -0.39 is 0 Å². The van der Waals surface area contributed by atoms with Crippen LogP contribution in [0.25, 0.3) is 0 Å². The summed E-state index contributed by atoms with van der Waals surface area (Å²) in [6, 6.07) is 2.25. The topological polar surface area (TPSA) is 18.5 Å². The quantitative estimate of drug-likeness (QED) is 0.826. The second-order valence-corrected chi connectivity index (χ2v) is 6.26. The number of hydrogen-bond acceptors (Lipinski definition) is 3. The molecule has 0 aromatic carbocycles. The molecule has 3 atom stereocenters. The predicted molar refractivity (Wildman–Crippen MR) is 78.0 cm³/mol. The Morgan fingerprint density at radius 1 is 1.17 bits per heavy atom. The zero-order valence-corrected chi connectivity index (χ0v) is 12.5. The zero-order chi connectivity index (χ0) is 13.0. The van der Waals surface area contributed by atoms with Gasteiger partial charge < -0.3 is 10.2 Å². The Hall–Kier alpha value is -0.120. The van der Waals surface area contributed by atoms with Crippen LogP contribution >= 0.6 is 0 Å². The lowest BCUT2D eigenvalue weighted by molar-refractivity contribution is 0.125. The first kappa shape index (κ1) is 14.3. The number of nitrogens with one attached hydrogen (secondary N) is 1. The molecule has 2 fully saturated rings. The van der Waals surface area contributed by atoms with Gasteiger partial charge >= 0.3 is 0 Å². The predicted octanol–water partition coefficient (Wildman–Crippen LogP) is 1.93. The summed E-state index contributed by atoms with van der Waals surface area (Å²) in [6.07, 6.45) is 6.77. The first-order valence-electron chi connectivity index (χ1n) is 7.90. The minimum atomic E-state index is 0.714. The minimum Gasteiger partial charge on any atom is -0.312 e. The molecule has 0 spiro atoms. The maximum Gasteiger partial charge on any atom is 0.0252 e. The van der Waals surface area contributed by atoms with Crippen LogP contribution in [0.4, 0.5) is 0 Å². The molecule has 2 aliphatic rings. The summed E-state index contributed by atoms with van der Waals surface area (Å²) in [5.41, 5.74) is 0. The van der Waals surface area contributed by atoms with Gasteiger partial charge in [-0.05, 0) is 52.7 Å². The molecule has 106 valence electrons. The van der Waals surface area contributed by atoms with E-state index in [2.05, 4.69) is 36.0 Å². The third kappa shape index (κ3) is 3.46. The molecule has 18 heavy (non-hydrogen) atoms. The molecule has 1 saturated heterocycles. The van der Waals surface area contributed by atoms with Crippen molar-refractivity contribution in [3.63, 3.8) is 0 Å². The SMILES string of the molecule is CCCNC1CCCC1N1CCCN(C)CC1C. The van der Waals surface area contributed by atoms with Crippen LogP contribution in [0.2, 0.25) is 0 Å². The van der Waals surface area contributed by atoms with Crippen molar-refractivity contribution in [1.29, 1.82) is 0 Å². The molecular weight excluding hydrogens is 222 g/mol. The first-order chi connectivity index (χ1) is 8.72. The van der Waals surface area contributed by atoms with E-state index in [0.29, 0.717) is 6.04 Å². The van der Waals surface area contributed by atoms with Crippen LogP contribution in [-0.2, 0) is 0 Å². The molecule has 1 saturated carbocycles. The van der Waals surface area contributed by atoms with E-state index in [4.69, 9.17) is 0 Å². The van der Waals surface area contributed by atoms with Crippen molar-refractivity contribution in [2.75, 3.05) is 33.2 Å². The molecule has 3 heteroatoms. The molecule has 1 aliphatic heterocycles. The van der Waals surface area contributed by atoms with E-state index in [9.17, 15) is 0 Å². The average Bonchev–Trinajstić information content (AvgIpc) is 2.73. The highest BCUT2D eigenvalue weighted by Crippen LogP contribution is 2.27. The molecule has 0 aromatic rings. The molecule has 3 nitrogen and oxygen atoms in total. The Labute approximate surface area is 113 Å². The van der Waals surface area contributed by atoms with E-state index in [1.54, 1.807) is 0 Å². The van der Waals surface area contributed by atoms with Gasteiger partial charge in [0.2, 0.25) is 0 Å². The van der Waals surface area contributed by atoms with Gasteiger partial charge in [0.1, 0.15) is 0 Å². The van der Waals surface area contributed by atoms with Gasteiger partial charge in [0, 0.05) is 31.2 Å². The van der Waals surface area contributed by atoms with Gasteiger partial charge in [-0.25, -0.2) is 0 Å². The molecule has 1 aliphatic carbocycles. The zero-order valence-electron chi connectivity index (χ0n) is 12.5. The fourth-order valence-corrected chi connectivity index (χ4v) is 3.79. The Balaban J connectivity index is 1.95. The molecule has 0 aromatic heterocycles. The van der Waals surface area contributed by atoms with Gasteiger partial charge in [0.25, 0.3) is 0 Å². The van der Waals surface area contributed by atoms with E-state index in [1.807, 2.05) is 0 Å². The van der Waals surface area contributed by atoms with Crippen molar-refractivity contribution in [3.05, 3.63) is 0 Å². The fraction of sp³-hybridized carbons (Fsp3) is 1.00. The highest BCUT2D eigenvalue weighted by molar-refractivity contribution is 4.93. The maximum atomic E-state index is 3.78. The summed E-state index contributed by atoms with van der Waals surface area (Å²) in [7, 11) is 2.27. The molecule has 3 unspecified atom stereocenters. The van der Waals surface area contributed by atoms with Crippen LogP contribution in [0.5, 0.6) is 0 Å². The van der Waals surface area contributed by atoms with E-state index in [-0.39, 0.29) is 0 Å². The van der Waals surface area contributed by atoms with Crippen molar-refractivity contribution in [2.24, 2.45) is 0 Å². The molecule has 0 bridgehead atoms. The van der Waals surface area contributed by atoms with Gasteiger partial charge in [-0.15, -0.1) is 0 Å². The summed E-state index contributed by atoms with van der Waals surface area (Å²) >= 11 is 0. The standard InChI is InChI=1S/C15H31N3/c1-4-9-16-14-7-5-8-15(14)18-11-6-10-17(3)12-13(18)2/h13-16H,4-12H2,1-3H3. The second-order valence-electron chi connectivity index (χ2n) is 6.26. The Morgan fingerprint density at radius 2 is 2.00 bits per heavy atom. The van der Waals surface area contributed by atoms with Crippen LogP contribution < -0.4 is 5.32 Å². The normalized spacial score (nSPS) is 35.8. The highest BCUT2D eigenvalue weighted by atomic mass is 15.3. The van der Waals surface area contributed by atoms with Gasteiger partial charge in [0.05, 0.1) is 0 Å². The monoisotopic (exact) mass is 253 g/mol. The van der Waals surface area contributed by atoms with E-state index >= 15 is 0 Å². The average molecular weight is 253 g/mol. The van der Waals surface area contributed by atoms with E-state index in [1.165, 1.54) is 58.3 Å². The molecule has 2 rings (SSSR count). The fourth-order valence-electron chi connectivity index (χ4n) is 3.79. The Bertz CT molecular complexity index is 244. The van der Waals surface area contributed by atoms with Crippen LogP contribution in [-0.4, -0.2) is 61.2 Å². The molecule has 0 amide bonds. The van der Waals surface area contributed by atoms with Crippen molar-refractivity contribution >= 4 is 0 Å². The number of hydrogen-bond donors (Lipinski definition) is 1. The minimum absolute atomic E-state index is 0.714. The van der Waals surface area contributed by atoms with Gasteiger partial charge in [0.15, 0.2) is 0 Å². The molecule has 1 N–H and O–H groups in total. The summed E-state index contributed by atoms with van der Waals surface area (Å²) in [6.45, 7) is 9.65. The lowest BCUT2D eigenvalue weighted by Gasteiger charge is -2.37. The number of rotatable bonds is 4. The number of nitrogens with zero attached hydrogens (tertiary/aromatic N) is 2. The van der Waals surface area contributed by atoms with Crippen LogP contribution in [0.1, 0.15) is 46.0 Å². The van der Waals surface area contributed by atoms with Crippen LogP contribution in [0, 0.1) is 0 Å². The van der Waals surface area contributed by atoms with Crippen molar-refractivity contribution in [2.45, 2.75) is 64.1 Å². The summed E-state index contributed by atoms with van der Waals surface area (Å²) in [5, 5.41) is 3.78. The van der Waals surface area contributed by atoms with Crippen LogP contribution in [0.3, 0.4) is 0 Å². The van der Waals surface area contributed by atoms with Gasteiger partial charge in [-0.1, -0.05) is 13.3 Å². The lowest BCUT2D eigenvalue weighted by Crippen LogP contribution is -2.51. The largest absolute Gasteiger partial charge is 0.312 e. The summed E-state index contributed by atoms with van der Waals surface area (Å²) in [5.74, 6) is 0. The lowest BCUT2D eigenvalue weighted by atomic mass is 10.1. The molecular formula is C15H31N3. The smallest absolute Gasteiger partial charge is 0.0252 e. The first-order valence-corrected chi connectivity index (χ1v) is 7.90. The van der Waals surface area contributed by atoms with Crippen LogP contribution in [0.15, 0.2) is 0 Å². The van der Waals surface area contributed by atoms with Crippen molar-refractivity contribution in [1.82, 2.24) is 15.1 Å². The second kappa shape index (κ2) is 6.88. The number of likely N-dealkylation sites (N-methyl/N-ethyl adjacent to an activating group) is 1. The Kier molecular flexibility index (Phi) is 5.46. The van der Waals surface area contributed by atoms with Crippen molar-refractivity contribution < 1.29 is 0 Å². The molecule has 0 radical (unpaired) electrons. The van der Waals surface area contributed by atoms with E-state index in [0.717, 1.165) is 12.1 Å². The van der Waals surface area contributed by atoms with Gasteiger partial charge in [-0.3, -0.25) is 4.90 Å². The maximum absolute atomic E-state index is 3.78. The van der Waals surface area contributed by atoms with Gasteiger partial charge in [-0.2, -0.15) is 0 Å². The summed E-state index contributed by atoms with van der Waals surface area (Å²) in [4.78, 5) is 5.29. The summed E-state index contributed by atoms with van der Waals surface area (Å²) < 4.78 is 0. The third-order valence-corrected chi connectivity index (χ3v) is 4.66. The third-order valence-electron chi connectivity index (χ3n) is 4.66. The highest BCUT2D eigenvalue weighted by Gasteiger charge is 2.34. The van der Waals surface area contributed by atoms with Crippen molar-refractivity contribution in [3.8, 4) is 0 Å².